The molecule has 3 aromatic heterocycles. The molecule has 0 saturated carbocycles. The van der Waals surface area contributed by atoms with Gasteiger partial charge in [0.15, 0.2) is 5.82 Å². The number of nitrogens with zero attached hydrogens (tertiary/aromatic N) is 5. The maximum Gasteiger partial charge on any atom is 0.255 e. The van der Waals surface area contributed by atoms with E-state index in [1.807, 2.05) is 24.3 Å². The standard InChI is InChI=1S/C16H16N6O2/c1-2-7-17-11(4-1)12-6-8-18-16(20-12)19-10-14-21-15(24-22-14)13-5-3-9-23-13/h1-2,4,6-8,13H,3,5,9-10H2,(H,18,19,20)/t13-/m1/s1. The highest BCUT2D eigenvalue weighted by molar-refractivity contribution is 5.54. The number of ether oxygens (including phenoxy) is 1. The van der Waals surface area contributed by atoms with Crippen LogP contribution in [0, 0.1) is 0 Å². The van der Waals surface area contributed by atoms with Crippen LogP contribution in [-0.4, -0.2) is 31.7 Å². The van der Waals surface area contributed by atoms with Crippen LogP contribution in [0.2, 0.25) is 0 Å². The predicted molar refractivity (Wildman–Crippen MR) is 84.8 cm³/mol. The van der Waals surface area contributed by atoms with Gasteiger partial charge in [-0.05, 0) is 31.0 Å². The van der Waals surface area contributed by atoms with Crippen LogP contribution in [-0.2, 0) is 11.3 Å². The third kappa shape index (κ3) is 3.23. The second-order valence-corrected chi connectivity index (χ2v) is 5.38. The highest BCUT2D eigenvalue weighted by Crippen LogP contribution is 2.26. The summed E-state index contributed by atoms with van der Waals surface area (Å²) in [6.45, 7) is 1.12. The molecule has 0 bridgehead atoms. The monoisotopic (exact) mass is 324 g/mol. The van der Waals surface area contributed by atoms with Gasteiger partial charge in [0.25, 0.3) is 5.89 Å². The van der Waals surface area contributed by atoms with Crippen molar-refractivity contribution in [3.63, 3.8) is 0 Å². The fraction of sp³-hybridized carbons (Fsp3) is 0.312. The molecule has 1 aliphatic rings. The van der Waals surface area contributed by atoms with Crippen molar-refractivity contribution in [2.75, 3.05) is 11.9 Å². The third-order valence-corrected chi connectivity index (χ3v) is 3.68. The summed E-state index contributed by atoms with van der Waals surface area (Å²) in [5.41, 5.74) is 1.55. The molecule has 4 rings (SSSR count). The topological polar surface area (TPSA) is 98.9 Å². The van der Waals surface area contributed by atoms with E-state index in [-0.39, 0.29) is 6.10 Å². The van der Waals surface area contributed by atoms with Crippen molar-refractivity contribution in [1.82, 2.24) is 25.1 Å². The lowest BCUT2D eigenvalue weighted by Crippen LogP contribution is -2.06. The summed E-state index contributed by atoms with van der Waals surface area (Å²) in [5, 5.41) is 7.06. The van der Waals surface area contributed by atoms with Crippen molar-refractivity contribution in [1.29, 1.82) is 0 Å². The molecule has 8 heteroatoms. The minimum Gasteiger partial charge on any atom is -0.368 e. The largest absolute Gasteiger partial charge is 0.368 e. The molecule has 0 unspecified atom stereocenters. The molecular formula is C16H16N6O2. The molecule has 0 aromatic carbocycles. The van der Waals surface area contributed by atoms with Crippen molar-refractivity contribution < 1.29 is 9.26 Å². The van der Waals surface area contributed by atoms with E-state index in [0.717, 1.165) is 30.8 Å². The SMILES string of the molecule is c1ccc(-c2ccnc(NCc3noc([C@H]4CCCO4)n3)n2)nc1. The Morgan fingerprint density at radius 1 is 1.08 bits per heavy atom. The van der Waals surface area contributed by atoms with Crippen molar-refractivity contribution in [2.45, 2.75) is 25.5 Å². The Morgan fingerprint density at radius 2 is 2.08 bits per heavy atom. The van der Waals surface area contributed by atoms with Crippen LogP contribution in [0.25, 0.3) is 11.4 Å². The lowest BCUT2D eigenvalue weighted by atomic mass is 10.2. The van der Waals surface area contributed by atoms with Gasteiger partial charge in [-0.3, -0.25) is 4.98 Å². The smallest absolute Gasteiger partial charge is 0.255 e. The molecule has 1 fully saturated rings. The predicted octanol–water partition coefficient (Wildman–Crippen LogP) is 2.39. The summed E-state index contributed by atoms with van der Waals surface area (Å²) >= 11 is 0. The van der Waals surface area contributed by atoms with Crippen molar-refractivity contribution in [3.8, 4) is 11.4 Å². The average molecular weight is 324 g/mol. The molecule has 3 aromatic rings. The van der Waals surface area contributed by atoms with E-state index in [2.05, 4.69) is 30.4 Å². The fourth-order valence-corrected chi connectivity index (χ4v) is 2.50. The van der Waals surface area contributed by atoms with Gasteiger partial charge in [-0.15, -0.1) is 0 Å². The zero-order valence-corrected chi connectivity index (χ0v) is 12.9. The van der Waals surface area contributed by atoms with Gasteiger partial charge in [0.1, 0.15) is 6.10 Å². The van der Waals surface area contributed by atoms with Gasteiger partial charge in [0, 0.05) is 19.0 Å². The second-order valence-electron chi connectivity index (χ2n) is 5.38. The summed E-state index contributed by atoms with van der Waals surface area (Å²) in [7, 11) is 0. The van der Waals surface area contributed by atoms with Gasteiger partial charge in [-0.2, -0.15) is 4.98 Å². The van der Waals surface area contributed by atoms with Crippen molar-refractivity contribution >= 4 is 5.95 Å². The van der Waals surface area contributed by atoms with Gasteiger partial charge in [-0.1, -0.05) is 11.2 Å². The fourth-order valence-electron chi connectivity index (χ4n) is 2.50. The highest BCUT2D eigenvalue weighted by Gasteiger charge is 2.23. The zero-order valence-electron chi connectivity index (χ0n) is 12.9. The first-order valence-corrected chi connectivity index (χ1v) is 7.81. The number of hydrogen-bond donors (Lipinski definition) is 1. The minimum absolute atomic E-state index is 0.0741. The Hall–Kier alpha value is -2.87. The van der Waals surface area contributed by atoms with E-state index >= 15 is 0 Å². The van der Waals surface area contributed by atoms with E-state index in [9.17, 15) is 0 Å². The Balaban J connectivity index is 1.43. The Kier molecular flexibility index (Phi) is 4.11. The second kappa shape index (κ2) is 6.71. The third-order valence-electron chi connectivity index (χ3n) is 3.68. The van der Waals surface area contributed by atoms with Crippen LogP contribution in [0.15, 0.2) is 41.2 Å². The van der Waals surface area contributed by atoms with E-state index < -0.39 is 0 Å². The molecule has 1 saturated heterocycles. The number of anilines is 1. The molecule has 0 spiro atoms. The molecule has 0 amide bonds. The highest BCUT2D eigenvalue weighted by atomic mass is 16.5. The molecule has 122 valence electrons. The average Bonchev–Trinajstić information content (AvgIpc) is 3.32. The molecule has 8 nitrogen and oxygen atoms in total. The first kappa shape index (κ1) is 14.7. The van der Waals surface area contributed by atoms with Crippen LogP contribution in [0.4, 0.5) is 5.95 Å². The summed E-state index contributed by atoms with van der Waals surface area (Å²) in [6, 6.07) is 7.51. The molecule has 4 heterocycles. The van der Waals surface area contributed by atoms with E-state index in [0.29, 0.717) is 24.2 Å². The quantitative estimate of drug-likeness (QED) is 0.763. The minimum atomic E-state index is -0.0741. The number of hydrogen-bond acceptors (Lipinski definition) is 8. The molecular weight excluding hydrogens is 308 g/mol. The molecule has 1 atom stereocenters. The maximum atomic E-state index is 5.53. The van der Waals surface area contributed by atoms with Crippen LogP contribution in [0.1, 0.15) is 30.7 Å². The van der Waals surface area contributed by atoms with Gasteiger partial charge in [0.2, 0.25) is 5.95 Å². The molecule has 1 N–H and O–H groups in total. The molecule has 0 radical (unpaired) electrons. The lowest BCUT2D eigenvalue weighted by Gasteiger charge is -2.04. The van der Waals surface area contributed by atoms with Gasteiger partial charge in [0.05, 0.1) is 17.9 Å². The zero-order chi connectivity index (χ0) is 16.2. The molecule has 1 aliphatic heterocycles. The Morgan fingerprint density at radius 3 is 2.92 bits per heavy atom. The first-order chi connectivity index (χ1) is 11.9. The Labute approximate surface area is 138 Å². The maximum absolute atomic E-state index is 5.53. The van der Waals surface area contributed by atoms with Gasteiger partial charge < -0.3 is 14.6 Å². The normalized spacial score (nSPS) is 17.1. The molecule has 24 heavy (non-hydrogen) atoms. The summed E-state index contributed by atoms with van der Waals surface area (Å²) < 4.78 is 10.8. The van der Waals surface area contributed by atoms with E-state index in [1.54, 1.807) is 12.4 Å². The van der Waals surface area contributed by atoms with Crippen LogP contribution < -0.4 is 5.32 Å². The van der Waals surface area contributed by atoms with E-state index in [4.69, 9.17) is 9.26 Å². The number of rotatable bonds is 5. The van der Waals surface area contributed by atoms with Crippen LogP contribution in [0.5, 0.6) is 0 Å². The number of aromatic nitrogens is 5. The van der Waals surface area contributed by atoms with Gasteiger partial charge in [-0.25, -0.2) is 9.97 Å². The number of nitrogens with one attached hydrogen (secondary N) is 1. The summed E-state index contributed by atoms with van der Waals surface area (Å²) in [4.78, 5) is 17.3. The Bertz CT molecular complexity index is 801. The molecule has 0 aliphatic carbocycles. The van der Waals surface area contributed by atoms with Crippen molar-refractivity contribution in [3.05, 3.63) is 48.4 Å². The summed E-state index contributed by atoms with van der Waals surface area (Å²) in [5.74, 6) is 1.57. The number of pyridine rings is 1. The lowest BCUT2D eigenvalue weighted by molar-refractivity contribution is 0.0835. The van der Waals surface area contributed by atoms with E-state index in [1.165, 1.54) is 0 Å². The van der Waals surface area contributed by atoms with Crippen molar-refractivity contribution in [2.24, 2.45) is 0 Å². The van der Waals surface area contributed by atoms with Crippen LogP contribution >= 0.6 is 0 Å². The summed E-state index contributed by atoms with van der Waals surface area (Å²) in [6.07, 6.45) is 5.29. The van der Waals surface area contributed by atoms with Crippen LogP contribution in [0.3, 0.4) is 0 Å². The first-order valence-electron chi connectivity index (χ1n) is 7.81. The van der Waals surface area contributed by atoms with Gasteiger partial charge >= 0.3 is 0 Å².